The van der Waals surface area contributed by atoms with Gasteiger partial charge in [0.1, 0.15) is 0 Å². The van der Waals surface area contributed by atoms with Crippen LogP contribution in [0.2, 0.25) is 0 Å². The smallest absolute Gasteiger partial charge is 0.254 e. The number of nitrogens with zero attached hydrogens (tertiary/aromatic N) is 2. The maximum atomic E-state index is 13.3. The number of hydrogen-bond donors (Lipinski definition) is 0. The van der Waals surface area contributed by atoms with E-state index in [0.717, 1.165) is 37.6 Å². The zero-order chi connectivity index (χ0) is 19.3. The number of likely N-dealkylation sites (tertiary alicyclic amines) is 2. The van der Waals surface area contributed by atoms with Gasteiger partial charge in [0.2, 0.25) is 0 Å². The third-order valence-electron chi connectivity index (χ3n) is 7.18. The number of fused-ring (bicyclic) bond motifs is 1. The lowest BCUT2D eigenvalue weighted by molar-refractivity contribution is 0.0391. The van der Waals surface area contributed by atoms with Crippen LogP contribution < -0.4 is 0 Å². The number of carbonyl (C=O) groups excluding carboxylic acids is 1. The summed E-state index contributed by atoms with van der Waals surface area (Å²) in [5.41, 5.74) is 0.953. The van der Waals surface area contributed by atoms with Gasteiger partial charge in [-0.15, -0.1) is 11.3 Å². The molecule has 0 radical (unpaired) electrons. The fraction of sp³-hybridized carbons (Fsp3) is 0.783. The average Bonchev–Trinajstić information content (AvgIpc) is 3.24. The second kappa shape index (κ2) is 9.73. The largest absolute Gasteiger partial charge is 0.385 e. The topological polar surface area (TPSA) is 32.8 Å². The van der Waals surface area contributed by atoms with Crippen LogP contribution in [0.15, 0.2) is 11.4 Å². The van der Waals surface area contributed by atoms with Crippen molar-refractivity contribution >= 4 is 17.2 Å². The summed E-state index contributed by atoms with van der Waals surface area (Å²) in [6, 6.07) is 2.73. The molecule has 3 fully saturated rings. The highest BCUT2D eigenvalue weighted by Gasteiger charge is 2.36. The first-order valence-corrected chi connectivity index (χ1v) is 12.2. The van der Waals surface area contributed by atoms with E-state index in [1.807, 2.05) is 11.3 Å². The molecular weight excluding hydrogens is 368 g/mol. The highest BCUT2D eigenvalue weighted by Crippen LogP contribution is 2.37. The number of carbonyl (C=O) groups is 1. The molecule has 1 aliphatic carbocycles. The predicted octanol–water partition coefficient (Wildman–Crippen LogP) is 4.76. The van der Waals surface area contributed by atoms with Gasteiger partial charge in [-0.3, -0.25) is 4.79 Å². The van der Waals surface area contributed by atoms with Gasteiger partial charge in [0.25, 0.3) is 5.91 Å². The molecule has 0 spiro atoms. The van der Waals surface area contributed by atoms with Crippen LogP contribution in [-0.4, -0.2) is 61.6 Å². The first kappa shape index (κ1) is 20.4. The van der Waals surface area contributed by atoms with Crippen LogP contribution in [0.3, 0.4) is 0 Å². The molecule has 1 aromatic rings. The lowest BCUT2D eigenvalue weighted by Gasteiger charge is -2.44. The first-order chi connectivity index (χ1) is 13.8. The molecule has 2 unspecified atom stereocenters. The molecule has 2 atom stereocenters. The van der Waals surface area contributed by atoms with Gasteiger partial charge >= 0.3 is 0 Å². The maximum absolute atomic E-state index is 13.3. The minimum absolute atomic E-state index is 0.302. The van der Waals surface area contributed by atoms with Crippen molar-refractivity contribution in [3.05, 3.63) is 21.9 Å². The average molecular weight is 405 g/mol. The van der Waals surface area contributed by atoms with E-state index >= 15 is 0 Å². The first-order valence-electron chi connectivity index (χ1n) is 11.4. The lowest BCUT2D eigenvalue weighted by atomic mass is 9.78. The minimum Gasteiger partial charge on any atom is -0.385 e. The number of methoxy groups -OCH3 is 1. The van der Waals surface area contributed by atoms with Crippen LogP contribution in [0.25, 0.3) is 0 Å². The van der Waals surface area contributed by atoms with Gasteiger partial charge < -0.3 is 14.5 Å². The summed E-state index contributed by atoms with van der Waals surface area (Å²) < 4.78 is 5.17. The van der Waals surface area contributed by atoms with Gasteiger partial charge in [-0.05, 0) is 75.9 Å². The van der Waals surface area contributed by atoms with Crippen LogP contribution in [0.5, 0.6) is 0 Å². The summed E-state index contributed by atoms with van der Waals surface area (Å²) >= 11 is 1.81. The van der Waals surface area contributed by atoms with E-state index in [4.69, 9.17) is 4.74 Å². The summed E-state index contributed by atoms with van der Waals surface area (Å²) in [6.45, 7) is 5.31. The standard InChI is InChI=1S/C23H36N2O2S/c1-27-15-5-11-24-13-9-19(10-14-24)22-16-20(17-28-22)23(26)25-12-4-7-18-6-2-3-8-21(18)25/h16-19,21H,2-15H2,1H3. The lowest BCUT2D eigenvalue weighted by Crippen LogP contribution is -2.49. The van der Waals surface area contributed by atoms with Crippen molar-refractivity contribution < 1.29 is 9.53 Å². The second-order valence-corrected chi connectivity index (χ2v) is 9.90. The van der Waals surface area contributed by atoms with Gasteiger partial charge in [0.05, 0.1) is 5.56 Å². The van der Waals surface area contributed by atoms with Crippen LogP contribution >= 0.6 is 11.3 Å². The molecule has 0 N–H and O–H groups in total. The van der Waals surface area contributed by atoms with E-state index in [1.54, 1.807) is 7.11 Å². The quantitative estimate of drug-likeness (QED) is 0.641. The molecule has 1 aromatic heterocycles. The Balaban J connectivity index is 1.33. The van der Waals surface area contributed by atoms with Crippen LogP contribution in [-0.2, 0) is 4.74 Å². The number of thiophene rings is 1. The third-order valence-corrected chi connectivity index (χ3v) is 8.28. The fourth-order valence-electron chi connectivity index (χ4n) is 5.60. The Kier molecular flexibility index (Phi) is 7.08. The van der Waals surface area contributed by atoms with Crippen molar-refractivity contribution in [2.75, 3.05) is 39.9 Å². The SMILES string of the molecule is COCCCN1CCC(c2cc(C(=O)N3CCCC4CCCCC43)cs2)CC1. The number of ether oxygens (including phenoxy) is 1. The molecule has 3 heterocycles. The van der Waals surface area contributed by atoms with Crippen molar-refractivity contribution in [1.29, 1.82) is 0 Å². The predicted molar refractivity (Wildman–Crippen MR) is 115 cm³/mol. The highest BCUT2D eigenvalue weighted by molar-refractivity contribution is 7.10. The van der Waals surface area contributed by atoms with Crippen LogP contribution in [0, 0.1) is 5.92 Å². The van der Waals surface area contributed by atoms with E-state index in [-0.39, 0.29) is 0 Å². The summed E-state index contributed by atoms with van der Waals surface area (Å²) in [6.07, 6.45) is 11.3. The molecule has 1 amide bonds. The van der Waals surface area contributed by atoms with Crippen molar-refractivity contribution in [2.24, 2.45) is 5.92 Å². The molecule has 0 aromatic carbocycles. The van der Waals surface area contributed by atoms with E-state index in [9.17, 15) is 4.79 Å². The Morgan fingerprint density at radius 1 is 1.11 bits per heavy atom. The summed E-state index contributed by atoms with van der Waals surface area (Å²) in [4.78, 5) is 19.5. The van der Waals surface area contributed by atoms with E-state index in [0.29, 0.717) is 17.9 Å². The molecule has 0 bridgehead atoms. The second-order valence-electron chi connectivity index (χ2n) is 8.95. The Hall–Kier alpha value is -0.910. The number of rotatable bonds is 6. The Morgan fingerprint density at radius 3 is 2.71 bits per heavy atom. The molecule has 28 heavy (non-hydrogen) atoms. The normalized spacial score (nSPS) is 27.0. The molecule has 3 aliphatic rings. The van der Waals surface area contributed by atoms with E-state index < -0.39 is 0 Å². The molecular formula is C23H36N2O2S. The zero-order valence-electron chi connectivity index (χ0n) is 17.4. The van der Waals surface area contributed by atoms with Crippen molar-refractivity contribution in [1.82, 2.24) is 9.80 Å². The molecule has 5 heteroatoms. The van der Waals surface area contributed by atoms with E-state index in [1.165, 1.54) is 69.3 Å². The molecule has 2 saturated heterocycles. The van der Waals surface area contributed by atoms with Crippen molar-refractivity contribution in [3.63, 3.8) is 0 Å². The molecule has 4 rings (SSSR count). The summed E-state index contributed by atoms with van der Waals surface area (Å²) in [5, 5.41) is 2.13. The fourth-order valence-corrected chi connectivity index (χ4v) is 6.65. The monoisotopic (exact) mass is 404 g/mol. The Morgan fingerprint density at radius 2 is 1.89 bits per heavy atom. The van der Waals surface area contributed by atoms with Crippen LogP contribution in [0.1, 0.15) is 78.9 Å². The van der Waals surface area contributed by atoms with Crippen LogP contribution in [0.4, 0.5) is 0 Å². The highest BCUT2D eigenvalue weighted by atomic mass is 32.1. The Labute approximate surface area is 174 Å². The van der Waals surface area contributed by atoms with Crippen molar-refractivity contribution in [3.8, 4) is 0 Å². The molecule has 4 nitrogen and oxygen atoms in total. The van der Waals surface area contributed by atoms with Gasteiger partial charge in [-0.2, -0.15) is 0 Å². The molecule has 2 aliphatic heterocycles. The van der Waals surface area contributed by atoms with Crippen molar-refractivity contribution in [2.45, 2.75) is 69.7 Å². The van der Waals surface area contributed by atoms with Gasteiger partial charge in [-0.25, -0.2) is 0 Å². The van der Waals surface area contributed by atoms with Gasteiger partial charge in [0.15, 0.2) is 0 Å². The summed E-state index contributed by atoms with van der Waals surface area (Å²) in [7, 11) is 1.78. The molecule has 156 valence electrons. The number of piperidine rings is 2. The minimum atomic E-state index is 0.302. The Bertz CT molecular complexity index is 636. The number of amides is 1. The van der Waals surface area contributed by atoms with Gasteiger partial charge in [0, 0.05) is 43.1 Å². The van der Waals surface area contributed by atoms with Gasteiger partial charge in [-0.1, -0.05) is 12.8 Å². The number of hydrogen-bond acceptors (Lipinski definition) is 4. The third kappa shape index (κ3) is 4.63. The maximum Gasteiger partial charge on any atom is 0.254 e. The van der Waals surface area contributed by atoms with E-state index in [2.05, 4.69) is 21.2 Å². The molecule has 1 saturated carbocycles. The summed E-state index contributed by atoms with van der Waals surface area (Å²) in [5.74, 6) is 1.69. The zero-order valence-corrected chi connectivity index (χ0v) is 18.2.